The van der Waals surface area contributed by atoms with Gasteiger partial charge in [0.05, 0.1) is 0 Å². The van der Waals surface area contributed by atoms with Crippen molar-refractivity contribution in [3.63, 3.8) is 0 Å². The van der Waals surface area contributed by atoms with E-state index >= 15 is 0 Å². The quantitative estimate of drug-likeness (QED) is 0.609. The number of carbonyl (C=O) groups is 2. The van der Waals surface area contributed by atoms with Crippen LogP contribution in [0, 0.1) is 12.7 Å². The molecule has 0 aliphatic rings. The van der Waals surface area contributed by atoms with Crippen molar-refractivity contribution in [1.82, 2.24) is 0 Å². The first-order valence-electron chi connectivity index (χ1n) is 8.34. The van der Waals surface area contributed by atoms with Gasteiger partial charge in [-0.05, 0) is 36.1 Å². The molecule has 0 aliphatic heterocycles. The molecule has 27 heavy (non-hydrogen) atoms. The second kappa shape index (κ2) is 10.8. The minimum absolute atomic E-state index is 0.0104. The number of benzene rings is 2. The maximum atomic E-state index is 12.6. The SMILES string of the molecule is CC.Cc1ccc(C(C)C)c(O)c1C(=O)O.O=C(O)c1c(O)cccc1F. The number of aromatic carboxylic acids is 2. The average molecular weight is 380 g/mol. The first-order chi connectivity index (χ1) is 12.6. The van der Waals surface area contributed by atoms with E-state index in [1.54, 1.807) is 19.1 Å². The van der Waals surface area contributed by atoms with Crippen LogP contribution in [0.2, 0.25) is 0 Å². The van der Waals surface area contributed by atoms with E-state index in [9.17, 15) is 19.1 Å². The molecule has 7 heteroatoms. The van der Waals surface area contributed by atoms with Gasteiger partial charge < -0.3 is 20.4 Å². The van der Waals surface area contributed by atoms with Crippen LogP contribution in [-0.4, -0.2) is 32.4 Å². The molecular weight excluding hydrogens is 355 g/mol. The van der Waals surface area contributed by atoms with Gasteiger partial charge in [0.25, 0.3) is 0 Å². The van der Waals surface area contributed by atoms with Crippen LogP contribution in [0.5, 0.6) is 11.5 Å². The summed E-state index contributed by atoms with van der Waals surface area (Å²) in [6.07, 6.45) is 0. The minimum atomic E-state index is -1.47. The molecule has 2 aromatic carbocycles. The van der Waals surface area contributed by atoms with Gasteiger partial charge in [-0.15, -0.1) is 0 Å². The summed E-state index contributed by atoms with van der Waals surface area (Å²) in [5, 5.41) is 35.8. The van der Waals surface area contributed by atoms with Gasteiger partial charge in [-0.3, -0.25) is 0 Å². The molecule has 0 radical (unpaired) electrons. The summed E-state index contributed by atoms with van der Waals surface area (Å²) in [6, 6.07) is 6.81. The molecule has 0 atom stereocenters. The van der Waals surface area contributed by atoms with Crippen molar-refractivity contribution < 1.29 is 34.4 Å². The topological polar surface area (TPSA) is 115 Å². The highest BCUT2D eigenvalue weighted by atomic mass is 19.1. The van der Waals surface area contributed by atoms with Crippen LogP contribution in [-0.2, 0) is 0 Å². The number of carboxylic acid groups (broad SMARTS) is 2. The molecule has 2 rings (SSSR count). The molecule has 0 bridgehead atoms. The summed E-state index contributed by atoms with van der Waals surface area (Å²) in [5.41, 5.74) is 0.580. The van der Waals surface area contributed by atoms with Gasteiger partial charge in [0.15, 0.2) is 0 Å². The third-order valence-corrected chi connectivity index (χ3v) is 3.46. The first-order valence-corrected chi connectivity index (χ1v) is 8.34. The fraction of sp³-hybridized carbons (Fsp3) is 0.300. The Bertz CT molecular complexity index is 779. The summed E-state index contributed by atoms with van der Waals surface area (Å²) in [6.45, 7) is 9.50. The predicted molar refractivity (Wildman–Crippen MR) is 100 cm³/mol. The van der Waals surface area contributed by atoms with E-state index in [0.29, 0.717) is 11.1 Å². The number of phenols is 2. The van der Waals surface area contributed by atoms with E-state index < -0.39 is 29.1 Å². The molecule has 0 heterocycles. The van der Waals surface area contributed by atoms with E-state index in [1.807, 2.05) is 27.7 Å². The molecule has 6 nitrogen and oxygen atoms in total. The number of hydrogen-bond donors (Lipinski definition) is 4. The van der Waals surface area contributed by atoms with E-state index in [2.05, 4.69) is 0 Å². The second-order valence-electron chi connectivity index (χ2n) is 5.59. The standard InChI is InChI=1S/C11H14O3.C7H5FO3.C2H6/c1-6(2)8-5-4-7(3)9(10(8)12)11(13)14;8-4-2-1-3-5(9)6(4)7(10)11;1-2/h4-6,12H,1-3H3,(H,13,14);1-3,9H,(H,10,11);1-2H3. The third kappa shape index (κ3) is 6.29. The van der Waals surface area contributed by atoms with Crippen LogP contribution in [0.25, 0.3) is 0 Å². The zero-order valence-electron chi connectivity index (χ0n) is 15.9. The van der Waals surface area contributed by atoms with Crippen molar-refractivity contribution in [1.29, 1.82) is 0 Å². The number of aryl methyl sites for hydroxylation is 1. The fourth-order valence-corrected chi connectivity index (χ4v) is 2.17. The molecule has 0 saturated carbocycles. The van der Waals surface area contributed by atoms with Gasteiger partial charge in [-0.1, -0.05) is 45.9 Å². The lowest BCUT2D eigenvalue weighted by atomic mass is 9.96. The van der Waals surface area contributed by atoms with Crippen LogP contribution < -0.4 is 0 Å². The Morgan fingerprint density at radius 1 is 0.926 bits per heavy atom. The predicted octanol–water partition coefficient (Wildman–Crippen LogP) is 4.78. The molecule has 148 valence electrons. The van der Waals surface area contributed by atoms with Gasteiger partial charge in [0, 0.05) is 0 Å². The van der Waals surface area contributed by atoms with Crippen molar-refractivity contribution >= 4 is 11.9 Å². The molecule has 4 N–H and O–H groups in total. The largest absolute Gasteiger partial charge is 0.507 e. The van der Waals surface area contributed by atoms with Gasteiger partial charge in [-0.25, -0.2) is 14.0 Å². The smallest absolute Gasteiger partial charge is 0.342 e. The Kier molecular flexibility index (Phi) is 9.56. The molecule has 0 fully saturated rings. The summed E-state index contributed by atoms with van der Waals surface area (Å²) >= 11 is 0. The van der Waals surface area contributed by atoms with Crippen molar-refractivity contribution in [2.75, 3.05) is 0 Å². The Balaban J connectivity index is 0.000000469. The highest BCUT2D eigenvalue weighted by Crippen LogP contribution is 2.31. The van der Waals surface area contributed by atoms with Gasteiger partial charge in [-0.2, -0.15) is 0 Å². The number of aromatic hydroxyl groups is 2. The lowest BCUT2D eigenvalue weighted by Crippen LogP contribution is -2.03. The van der Waals surface area contributed by atoms with Gasteiger partial charge in [0.1, 0.15) is 28.4 Å². The lowest BCUT2D eigenvalue weighted by molar-refractivity contribution is 0.0678. The fourth-order valence-electron chi connectivity index (χ4n) is 2.17. The summed E-state index contributed by atoms with van der Waals surface area (Å²) < 4.78 is 12.6. The lowest BCUT2D eigenvalue weighted by Gasteiger charge is -2.12. The Morgan fingerprint density at radius 3 is 1.81 bits per heavy atom. The van der Waals surface area contributed by atoms with Gasteiger partial charge >= 0.3 is 11.9 Å². The van der Waals surface area contributed by atoms with Crippen molar-refractivity contribution in [2.45, 2.75) is 40.5 Å². The van der Waals surface area contributed by atoms with E-state index in [-0.39, 0.29) is 17.2 Å². The van der Waals surface area contributed by atoms with E-state index in [1.165, 1.54) is 6.07 Å². The average Bonchev–Trinajstić information content (AvgIpc) is 2.56. The van der Waals surface area contributed by atoms with Crippen molar-refractivity contribution in [2.24, 2.45) is 0 Å². The highest BCUT2D eigenvalue weighted by molar-refractivity contribution is 5.93. The third-order valence-electron chi connectivity index (χ3n) is 3.46. The zero-order valence-corrected chi connectivity index (χ0v) is 15.9. The van der Waals surface area contributed by atoms with Crippen LogP contribution in [0.4, 0.5) is 4.39 Å². The molecule has 2 aromatic rings. The normalized spacial score (nSPS) is 9.59. The Labute approximate surface area is 157 Å². The van der Waals surface area contributed by atoms with Crippen LogP contribution in [0.3, 0.4) is 0 Å². The number of rotatable bonds is 3. The Hall–Kier alpha value is -3.09. The summed E-state index contributed by atoms with van der Waals surface area (Å²) in [4.78, 5) is 21.1. The maximum absolute atomic E-state index is 12.6. The van der Waals surface area contributed by atoms with E-state index in [0.717, 1.165) is 12.1 Å². The highest BCUT2D eigenvalue weighted by Gasteiger charge is 2.17. The minimum Gasteiger partial charge on any atom is -0.507 e. The van der Waals surface area contributed by atoms with Crippen LogP contribution in [0.1, 0.15) is 65.5 Å². The molecule has 0 spiro atoms. The molecule has 0 aliphatic carbocycles. The number of hydrogen-bond acceptors (Lipinski definition) is 4. The molecule has 0 saturated heterocycles. The zero-order chi connectivity index (χ0) is 21.3. The van der Waals surface area contributed by atoms with E-state index in [4.69, 9.17) is 15.3 Å². The number of carboxylic acids is 2. The summed E-state index contributed by atoms with van der Waals surface area (Å²) in [7, 11) is 0. The molecule has 0 unspecified atom stereocenters. The second-order valence-corrected chi connectivity index (χ2v) is 5.59. The Morgan fingerprint density at radius 2 is 1.44 bits per heavy atom. The number of halogens is 1. The van der Waals surface area contributed by atoms with Crippen molar-refractivity contribution in [3.8, 4) is 11.5 Å². The van der Waals surface area contributed by atoms with Crippen LogP contribution in [0.15, 0.2) is 30.3 Å². The van der Waals surface area contributed by atoms with Gasteiger partial charge in [0.2, 0.25) is 0 Å². The first kappa shape index (κ1) is 23.9. The molecule has 0 aromatic heterocycles. The van der Waals surface area contributed by atoms with Crippen molar-refractivity contribution in [3.05, 3.63) is 58.4 Å². The maximum Gasteiger partial charge on any atom is 0.342 e. The van der Waals surface area contributed by atoms with Crippen LogP contribution >= 0.6 is 0 Å². The summed E-state index contributed by atoms with van der Waals surface area (Å²) in [5.74, 6) is -4.03. The molecule has 0 amide bonds. The molecular formula is C20H25FO6. The monoisotopic (exact) mass is 380 g/mol.